The summed E-state index contributed by atoms with van der Waals surface area (Å²) >= 11 is 1.27. The Kier molecular flexibility index (Phi) is 7.41. The van der Waals surface area contributed by atoms with E-state index in [9.17, 15) is 9.59 Å². The number of hydrogen-bond donors (Lipinski definition) is 1. The number of nitrogens with zero attached hydrogens (tertiary/aromatic N) is 2. The van der Waals surface area contributed by atoms with Crippen LogP contribution in [0.1, 0.15) is 46.2 Å². The second-order valence-electron chi connectivity index (χ2n) is 8.97. The largest absolute Gasteiger partial charge is 0.383 e. The Bertz CT molecular complexity index is 1150. The molecule has 3 aromatic rings. The number of methoxy groups -OCH3 is 1. The first-order valence-corrected chi connectivity index (χ1v) is 11.6. The Labute approximate surface area is 193 Å². The molecule has 170 valence electrons. The number of anilines is 1. The molecule has 0 fully saturated rings. The van der Waals surface area contributed by atoms with Gasteiger partial charge in [0.25, 0.3) is 5.56 Å². The van der Waals surface area contributed by atoms with Gasteiger partial charge in [-0.05, 0) is 49.1 Å². The van der Waals surface area contributed by atoms with Gasteiger partial charge in [-0.3, -0.25) is 14.2 Å². The average molecular weight is 454 g/mol. The summed E-state index contributed by atoms with van der Waals surface area (Å²) in [5.74, 6) is -0.146. The molecule has 1 heterocycles. The Balaban J connectivity index is 1.85. The standard InChI is InChI=1S/C25H31N3O3S/c1-16(15-31-6)28-23(30)20-9-7-8-10-21(20)27-24(28)32-17(2)22(29)26-19-13-11-18(12-14-19)25(3,4)5/h7-14,16-17H,15H2,1-6H3,(H,26,29). The number of rotatable bonds is 7. The van der Waals surface area contributed by atoms with Crippen LogP contribution in [0.2, 0.25) is 0 Å². The fourth-order valence-corrected chi connectivity index (χ4v) is 4.43. The summed E-state index contributed by atoms with van der Waals surface area (Å²) in [6, 6.07) is 14.9. The Morgan fingerprint density at radius 1 is 1.12 bits per heavy atom. The van der Waals surface area contributed by atoms with Gasteiger partial charge in [0.1, 0.15) is 0 Å². The molecule has 0 aliphatic heterocycles. The highest BCUT2D eigenvalue weighted by Crippen LogP contribution is 2.27. The van der Waals surface area contributed by atoms with Crippen LogP contribution in [0.25, 0.3) is 10.9 Å². The molecule has 0 aliphatic carbocycles. The van der Waals surface area contributed by atoms with Crippen LogP contribution in [-0.4, -0.2) is 34.4 Å². The third-order valence-electron chi connectivity index (χ3n) is 5.29. The number of hydrogen-bond acceptors (Lipinski definition) is 5. The molecule has 2 aromatic carbocycles. The van der Waals surface area contributed by atoms with E-state index in [1.54, 1.807) is 17.7 Å². The van der Waals surface area contributed by atoms with Crippen molar-refractivity contribution in [2.45, 2.75) is 56.5 Å². The van der Waals surface area contributed by atoms with E-state index in [1.165, 1.54) is 17.3 Å². The highest BCUT2D eigenvalue weighted by atomic mass is 32.2. The van der Waals surface area contributed by atoms with E-state index in [0.717, 1.165) is 5.69 Å². The van der Waals surface area contributed by atoms with Crippen LogP contribution >= 0.6 is 11.8 Å². The first-order chi connectivity index (χ1) is 15.1. The van der Waals surface area contributed by atoms with E-state index in [1.807, 2.05) is 56.3 Å². The second-order valence-corrected chi connectivity index (χ2v) is 10.3. The zero-order valence-electron chi connectivity index (χ0n) is 19.5. The SMILES string of the molecule is COCC(C)n1c(SC(C)C(=O)Nc2ccc(C(C)(C)C)cc2)nc2ccccc2c1=O. The van der Waals surface area contributed by atoms with Gasteiger partial charge in [0.2, 0.25) is 5.91 Å². The number of fused-ring (bicyclic) bond motifs is 1. The second kappa shape index (κ2) is 9.88. The average Bonchev–Trinajstić information content (AvgIpc) is 2.73. The fraction of sp³-hybridized carbons (Fsp3) is 0.400. The minimum Gasteiger partial charge on any atom is -0.383 e. The highest BCUT2D eigenvalue weighted by Gasteiger charge is 2.22. The lowest BCUT2D eigenvalue weighted by molar-refractivity contribution is -0.115. The molecule has 7 heteroatoms. The van der Waals surface area contributed by atoms with Crippen molar-refractivity contribution in [3.63, 3.8) is 0 Å². The molecule has 1 aromatic heterocycles. The zero-order valence-corrected chi connectivity index (χ0v) is 20.3. The number of nitrogens with one attached hydrogen (secondary N) is 1. The predicted octanol–water partition coefficient (Wildman–Crippen LogP) is 5.02. The van der Waals surface area contributed by atoms with Crippen molar-refractivity contribution >= 4 is 34.3 Å². The summed E-state index contributed by atoms with van der Waals surface area (Å²) in [6.07, 6.45) is 0. The molecule has 2 unspecified atom stereocenters. The molecular formula is C25H31N3O3S. The predicted molar refractivity (Wildman–Crippen MR) is 132 cm³/mol. The Morgan fingerprint density at radius 2 is 1.78 bits per heavy atom. The maximum atomic E-state index is 13.2. The minimum absolute atomic E-state index is 0.0516. The summed E-state index contributed by atoms with van der Waals surface area (Å²) in [7, 11) is 1.60. The van der Waals surface area contributed by atoms with Gasteiger partial charge in [0.05, 0.1) is 28.8 Å². The van der Waals surface area contributed by atoms with Crippen molar-refractivity contribution in [3.05, 3.63) is 64.4 Å². The number of benzene rings is 2. The maximum Gasteiger partial charge on any atom is 0.262 e. The van der Waals surface area contributed by atoms with Gasteiger partial charge >= 0.3 is 0 Å². The number of para-hydroxylation sites is 1. The van der Waals surface area contributed by atoms with Crippen molar-refractivity contribution in [1.29, 1.82) is 0 Å². The zero-order chi connectivity index (χ0) is 23.5. The molecule has 0 bridgehead atoms. The van der Waals surface area contributed by atoms with E-state index in [2.05, 4.69) is 26.1 Å². The topological polar surface area (TPSA) is 73.2 Å². The van der Waals surface area contributed by atoms with Gasteiger partial charge < -0.3 is 10.1 Å². The monoisotopic (exact) mass is 453 g/mol. The molecule has 3 rings (SSSR count). The third-order valence-corrected chi connectivity index (χ3v) is 6.36. The Morgan fingerprint density at radius 3 is 2.41 bits per heavy atom. The number of carbonyl (C=O) groups excluding carboxylic acids is 1. The van der Waals surface area contributed by atoms with Crippen molar-refractivity contribution in [3.8, 4) is 0 Å². The van der Waals surface area contributed by atoms with Crippen molar-refractivity contribution in [2.24, 2.45) is 0 Å². The normalized spacial score (nSPS) is 13.7. The van der Waals surface area contributed by atoms with Crippen LogP contribution in [0, 0.1) is 0 Å². The molecule has 0 aliphatic rings. The summed E-state index contributed by atoms with van der Waals surface area (Å²) in [5.41, 5.74) is 2.48. The van der Waals surface area contributed by atoms with Gasteiger partial charge in [-0.15, -0.1) is 0 Å². The van der Waals surface area contributed by atoms with Crippen LogP contribution in [0.15, 0.2) is 58.5 Å². The van der Waals surface area contributed by atoms with Crippen molar-refractivity contribution < 1.29 is 9.53 Å². The summed E-state index contributed by atoms with van der Waals surface area (Å²) < 4.78 is 6.89. The lowest BCUT2D eigenvalue weighted by Crippen LogP contribution is -2.30. The summed E-state index contributed by atoms with van der Waals surface area (Å²) in [5, 5.41) is 3.57. The number of carbonyl (C=O) groups is 1. The molecule has 0 saturated carbocycles. The summed E-state index contributed by atoms with van der Waals surface area (Å²) in [6.45, 7) is 10.6. The quantitative estimate of drug-likeness (QED) is 0.402. The van der Waals surface area contributed by atoms with E-state index >= 15 is 0 Å². The van der Waals surface area contributed by atoms with Gasteiger partial charge in [0.15, 0.2) is 5.16 Å². The molecule has 0 spiro atoms. The number of amides is 1. The molecule has 32 heavy (non-hydrogen) atoms. The number of ether oxygens (including phenoxy) is 1. The first-order valence-electron chi connectivity index (χ1n) is 10.7. The molecule has 1 amide bonds. The van der Waals surface area contributed by atoms with Crippen molar-refractivity contribution in [2.75, 3.05) is 19.0 Å². The first kappa shape index (κ1) is 24.0. The van der Waals surface area contributed by atoms with Gasteiger partial charge in [-0.1, -0.05) is 56.8 Å². The van der Waals surface area contributed by atoms with Crippen LogP contribution in [0.4, 0.5) is 5.69 Å². The van der Waals surface area contributed by atoms with Crippen LogP contribution in [-0.2, 0) is 14.9 Å². The lowest BCUT2D eigenvalue weighted by Gasteiger charge is -2.21. The van der Waals surface area contributed by atoms with Gasteiger partial charge in [-0.2, -0.15) is 0 Å². The maximum absolute atomic E-state index is 13.2. The van der Waals surface area contributed by atoms with Crippen LogP contribution < -0.4 is 10.9 Å². The van der Waals surface area contributed by atoms with Crippen LogP contribution in [0.3, 0.4) is 0 Å². The molecule has 0 radical (unpaired) electrons. The highest BCUT2D eigenvalue weighted by molar-refractivity contribution is 8.00. The van der Waals surface area contributed by atoms with E-state index in [0.29, 0.717) is 22.7 Å². The smallest absolute Gasteiger partial charge is 0.262 e. The molecule has 2 atom stereocenters. The fourth-order valence-electron chi connectivity index (χ4n) is 3.42. The lowest BCUT2D eigenvalue weighted by atomic mass is 9.87. The van der Waals surface area contributed by atoms with E-state index < -0.39 is 5.25 Å². The summed E-state index contributed by atoms with van der Waals surface area (Å²) in [4.78, 5) is 30.8. The molecular weight excluding hydrogens is 422 g/mol. The molecule has 0 saturated heterocycles. The minimum atomic E-state index is -0.452. The van der Waals surface area contributed by atoms with E-state index in [-0.39, 0.29) is 22.9 Å². The Hall–Kier alpha value is -2.64. The number of thioether (sulfide) groups is 1. The molecule has 6 nitrogen and oxygen atoms in total. The van der Waals surface area contributed by atoms with Crippen LogP contribution in [0.5, 0.6) is 0 Å². The third kappa shape index (κ3) is 5.40. The molecule has 1 N–H and O–H groups in total. The van der Waals surface area contributed by atoms with Crippen molar-refractivity contribution in [1.82, 2.24) is 9.55 Å². The van der Waals surface area contributed by atoms with E-state index in [4.69, 9.17) is 9.72 Å². The van der Waals surface area contributed by atoms with Gasteiger partial charge in [-0.25, -0.2) is 4.98 Å². The van der Waals surface area contributed by atoms with Gasteiger partial charge in [0, 0.05) is 12.8 Å². The number of aromatic nitrogens is 2.